The van der Waals surface area contributed by atoms with Gasteiger partial charge in [-0.2, -0.15) is 0 Å². The monoisotopic (exact) mass is 336 g/mol. The van der Waals surface area contributed by atoms with Crippen LogP contribution in [0, 0.1) is 0 Å². The molecule has 1 aliphatic heterocycles. The van der Waals surface area contributed by atoms with Crippen LogP contribution in [0.25, 0.3) is 11.0 Å². The molecule has 3 aromatic rings. The molecule has 130 valence electrons. The average molecular weight is 336 g/mol. The molecule has 0 saturated carbocycles. The van der Waals surface area contributed by atoms with Gasteiger partial charge in [-0.15, -0.1) is 0 Å². The van der Waals surface area contributed by atoms with Crippen LogP contribution in [0.15, 0.2) is 36.5 Å². The first-order valence-corrected chi connectivity index (χ1v) is 8.93. The van der Waals surface area contributed by atoms with Gasteiger partial charge in [-0.1, -0.05) is 12.1 Å². The van der Waals surface area contributed by atoms with Gasteiger partial charge < -0.3 is 9.55 Å². The third-order valence-corrected chi connectivity index (χ3v) is 5.20. The van der Waals surface area contributed by atoms with E-state index in [1.54, 1.807) is 6.92 Å². The largest absolute Gasteiger partial charge is 0.353 e. The Morgan fingerprint density at radius 1 is 1.36 bits per heavy atom. The molecule has 0 amide bonds. The number of nitrogens with one attached hydrogen (secondary N) is 1. The number of aromatic nitrogens is 3. The van der Waals surface area contributed by atoms with Crippen LogP contribution in [0.1, 0.15) is 47.6 Å². The van der Waals surface area contributed by atoms with Crippen molar-refractivity contribution in [3.63, 3.8) is 0 Å². The van der Waals surface area contributed by atoms with Crippen molar-refractivity contribution in [1.29, 1.82) is 0 Å². The predicted octanol–water partition coefficient (Wildman–Crippen LogP) is 3.48. The van der Waals surface area contributed by atoms with Gasteiger partial charge >= 0.3 is 0 Å². The van der Waals surface area contributed by atoms with E-state index in [0.29, 0.717) is 5.92 Å². The fourth-order valence-electron chi connectivity index (χ4n) is 3.78. The highest BCUT2D eigenvalue weighted by molar-refractivity contribution is 5.94. The lowest BCUT2D eigenvalue weighted by molar-refractivity contribution is 0.101. The molecule has 1 N–H and O–H groups in total. The Kier molecular flexibility index (Phi) is 4.17. The number of hydrogen-bond acceptors (Lipinski definition) is 3. The number of benzene rings is 1. The molecule has 25 heavy (non-hydrogen) atoms. The van der Waals surface area contributed by atoms with Crippen molar-refractivity contribution in [1.82, 2.24) is 19.4 Å². The van der Waals surface area contributed by atoms with E-state index in [1.165, 1.54) is 18.5 Å². The Balaban J connectivity index is 1.50. The standard InChI is InChI=1S/C20H24N4O/c1-14(25)16-10-17(23(2)11-16)13-24-9-5-6-15(12-24)20-21-18-7-3-4-8-19(18)22-20/h3-4,7-8,10-11,15H,5-6,9,12-13H2,1-2H3,(H,21,22)/t15-/m1/s1. The van der Waals surface area contributed by atoms with Crippen LogP contribution in [0.3, 0.4) is 0 Å². The topological polar surface area (TPSA) is 53.9 Å². The average Bonchev–Trinajstić information content (AvgIpc) is 3.19. The summed E-state index contributed by atoms with van der Waals surface area (Å²) >= 11 is 0. The first kappa shape index (κ1) is 16.1. The minimum absolute atomic E-state index is 0.126. The van der Waals surface area contributed by atoms with Crippen molar-refractivity contribution < 1.29 is 4.79 Å². The summed E-state index contributed by atoms with van der Waals surface area (Å²) in [4.78, 5) is 22.3. The Morgan fingerprint density at radius 3 is 2.96 bits per heavy atom. The highest BCUT2D eigenvalue weighted by Crippen LogP contribution is 2.27. The number of ketones is 1. The summed E-state index contributed by atoms with van der Waals surface area (Å²) in [6, 6.07) is 10.2. The van der Waals surface area contributed by atoms with Crippen molar-refractivity contribution in [2.24, 2.45) is 7.05 Å². The third kappa shape index (κ3) is 3.24. The first-order valence-electron chi connectivity index (χ1n) is 8.93. The summed E-state index contributed by atoms with van der Waals surface area (Å²) in [7, 11) is 2.02. The van der Waals surface area contributed by atoms with Crippen molar-refractivity contribution in [2.45, 2.75) is 32.2 Å². The number of likely N-dealkylation sites (tertiary alicyclic amines) is 1. The molecule has 5 nitrogen and oxygen atoms in total. The van der Waals surface area contributed by atoms with Crippen LogP contribution in [-0.2, 0) is 13.6 Å². The predicted molar refractivity (Wildman–Crippen MR) is 98.8 cm³/mol. The lowest BCUT2D eigenvalue weighted by Gasteiger charge is -2.31. The number of carbonyl (C=O) groups excluding carboxylic acids is 1. The molecule has 0 unspecified atom stereocenters. The maximum atomic E-state index is 11.6. The molecule has 1 fully saturated rings. The molecule has 1 aromatic carbocycles. The number of carbonyl (C=O) groups is 1. The molecule has 5 heteroatoms. The van der Waals surface area contributed by atoms with Gasteiger partial charge in [-0.25, -0.2) is 4.98 Å². The quantitative estimate of drug-likeness (QED) is 0.742. The number of fused-ring (bicyclic) bond motifs is 1. The summed E-state index contributed by atoms with van der Waals surface area (Å²) in [5.74, 6) is 1.66. The first-order chi connectivity index (χ1) is 12.1. The zero-order valence-corrected chi connectivity index (χ0v) is 14.8. The van der Waals surface area contributed by atoms with E-state index in [1.807, 2.05) is 31.4 Å². The molecule has 4 rings (SSSR count). The number of para-hydroxylation sites is 2. The molecule has 0 aliphatic carbocycles. The van der Waals surface area contributed by atoms with Crippen LogP contribution in [0.2, 0.25) is 0 Å². The maximum absolute atomic E-state index is 11.6. The van der Waals surface area contributed by atoms with Gasteiger partial charge in [0.15, 0.2) is 5.78 Å². The van der Waals surface area contributed by atoms with Crippen LogP contribution in [-0.4, -0.2) is 38.3 Å². The van der Waals surface area contributed by atoms with E-state index in [-0.39, 0.29) is 5.78 Å². The summed E-state index contributed by atoms with van der Waals surface area (Å²) in [6.07, 6.45) is 4.27. The SMILES string of the molecule is CC(=O)c1cc(CN2CCC[C@@H](c3nc4ccccc4[nH]3)C2)n(C)c1. The van der Waals surface area contributed by atoms with Crippen molar-refractivity contribution in [2.75, 3.05) is 13.1 Å². The fraction of sp³-hybridized carbons (Fsp3) is 0.400. The number of Topliss-reactive ketones (excluding diaryl/α,β-unsaturated/α-hetero) is 1. The van der Waals surface area contributed by atoms with Crippen LogP contribution in [0.4, 0.5) is 0 Å². The Morgan fingerprint density at radius 2 is 2.20 bits per heavy atom. The van der Waals surface area contributed by atoms with E-state index in [4.69, 9.17) is 4.98 Å². The Hall–Kier alpha value is -2.40. The highest BCUT2D eigenvalue weighted by atomic mass is 16.1. The molecule has 0 bridgehead atoms. The zero-order chi connectivity index (χ0) is 17.4. The van der Waals surface area contributed by atoms with Crippen LogP contribution in [0.5, 0.6) is 0 Å². The number of hydrogen-bond donors (Lipinski definition) is 1. The van der Waals surface area contributed by atoms with E-state index in [9.17, 15) is 4.79 Å². The lowest BCUT2D eigenvalue weighted by Crippen LogP contribution is -2.34. The minimum atomic E-state index is 0.126. The van der Waals surface area contributed by atoms with Gasteiger partial charge in [0, 0.05) is 43.5 Å². The maximum Gasteiger partial charge on any atom is 0.161 e. The fourth-order valence-corrected chi connectivity index (χ4v) is 3.78. The second-order valence-corrected chi connectivity index (χ2v) is 7.10. The number of piperidine rings is 1. The van der Waals surface area contributed by atoms with E-state index in [0.717, 1.165) is 42.1 Å². The number of H-pyrrole nitrogens is 1. The zero-order valence-electron chi connectivity index (χ0n) is 14.8. The summed E-state index contributed by atoms with van der Waals surface area (Å²) < 4.78 is 2.07. The number of imidazole rings is 1. The molecular weight excluding hydrogens is 312 g/mol. The van der Waals surface area contributed by atoms with Gasteiger partial charge in [0.05, 0.1) is 11.0 Å². The molecule has 1 atom stereocenters. The van der Waals surface area contributed by atoms with Crippen LogP contribution >= 0.6 is 0 Å². The number of aromatic amines is 1. The smallest absolute Gasteiger partial charge is 0.161 e. The molecule has 1 saturated heterocycles. The van der Waals surface area contributed by atoms with Crippen LogP contribution < -0.4 is 0 Å². The van der Waals surface area contributed by atoms with Gasteiger partial charge in [0.1, 0.15) is 5.82 Å². The normalized spacial score (nSPS) is 18.7. The summed E-state index contributed by atoms with van der Waals surface area (Å²) in [5, 5.41) is 0. The molecule has 2 aromatic heterocycles. The second kappa shape index (κ2) is 6.48. The molecule has 0 radical (unpaired) electrons. The van der Waals surface area contributed by atoms with Gasteiger partial charge in [-0.05, 0) is 44.5 Å². The molecule has 3 heterocycles. The van der Waals surface area contributed by atoms with E-state index in [2.05, 4.69) is 26.6 Å². The van der Waals surface area contributed by atoms with Crippen molar-refractivity contribution in [3.05, 3.63) is 53.6 Å². The van der Waals surface area contributed by atoms with E-state index >= 15 is 0 Å². The minimum Gasteiger partial charge on any atom is -0.353 e. The van der Waals surface area contributed by atoms with Gasteiger partial charge in [0.2, 0.25) is 0 Å². The Labute approximate surface area is 147 Å². The number of rotatable bonds is 4. The summed E-state index contributed by atoms with van der Waals surface area (Å²) in [6.45, 7) is 4.59. The molecular formula is C20H24N4O. The Bertz CT molecular complexity index is 874. The number of aryl methyl sites for hydroxylation is 1. The van der Waals surface area contributed by atoms with Crippen molar-refractivity contribution >= 4 is 16.8 Å². The van der Waals surface area contributed by atoms with Gasteiger partial charge in [0.25, 0.3) is 0 Å². The lowest BCUT2D eigenvalue weighted by atomic mass is 9.97. The molecule has 0 spiro atoms. The second-order valence-electron chi connectivity index (χ2n) is 7.10. The molecule has 1 aliphatic rings. The summed E-state index contributed by atoms with van der Waals surface area (Å²) in [5.41, 5.74) is 4.14. The number of nitrogens with zero attached hydrogens (tertiary/aromatic N) is 3. The van der Waals surface area contributed by atoms with Gasteiger partial charge in [-0.3, -0.25) is 9.69 Å². The third-order valence-electron chi connectivity index (χ3n) is 5.20. The highest BCUT2D eigenvalue weighted by Gasteiger charge is 2.24. The van der Waals surface area contributed by atoms with Crippen molar-refractivity contribution in [3.8, 4) is 0 Å². The van der Waals surface area contributed by atoms with E-state index < -0.39 is 0 Å².